The first kappa shape index (κ1) is 23.4. The number of anilines is 3. The summed E-state index contributed by atoms with van der Waals surface area (Å²) in [5.41, 5.74) is 5.02. The van der Waals surface area contributed by atoms with Crippen LogP contribution < -0.4 is 15.1 Å². The van der Waals surface area contributed by atoms with Gasteiger partial charge in [-0.3, -0.25) is 9.59 Å². The smallest absolute Gasteiger partial charge is 0.236 e. The third kappa shape index (κ3) is 4.29. The normalized spacial score (nSPS) is 17.6. The van der Waals surface area contributed by atoms with E-state index in [1.54, 1.807) is 4.90 Å². The van der Waals surface area contributed by atoms with E-state index in [1.807, 2.05) is 64.4 Å². The van der Waals surface area contributed by atoms with E-state index in [-0.39, 0.29) is 17.7 Å². The van der Waals surface area contributed by atoms with Gasteiger partial charge < -0.3 is 15.1 Å². The number of benzene rings is 1. The van der Waals surface area contributed by atoms with Crippen LogP contribution in [0.15, 0.2) is 29.6 Å². The summed E-state index contributed by atoms with van der Waals surface area (Å²) in [7, 11) is 1.81. The Labute approximate surface area is 209 Å². The number of aryl methyl sites for hydroxylation is 2. The van der Waals surface area contributed by atoms with E-state index in [0.717, 1.165) is 65.8 Å². The highest BCUT2D eigenvalue weighted by atomic mass is 32.1. The van der Waals surface area contributed by atoms with E-state index in [1.165, 1.54) is 11.3 Å². The third-order valence-electron chi connectivity index (χ3n) is 7.02. The first-order chi connectivity index (χ1) is 16.6. The first-order valence-corrected chi connectivity index (χ1v) is 12.8. The summed E-state index contributed by atoms with van der Waals surface area (Å²) in [6.45, 7) is 9.35. The second-order valence-electron chi connectivity index (χ2n) is 9.96. The maximum Gasteiger partial charge on any atom is 0.236 e. The van der Waals surface area contributed by atoms with E-state index in [4.69, 9.17) is 0 Å². The molecule has 1 aromatic carbocycles. The molecule has 2 amide bonds. The van der Waals surface area contributed by atoms with E-state index in [0.29, 0.717) is 5.13 Å². The number of carbonyl (C=O) groups excluding carboxylic acids is 2. The Balaban J connectivity index is 1.24. The fourth-order valence-electron chi connectivity index (χ4n) is 4.99. The Hall–Kier alpha value is -3.33. The molecule has 9 heteroatoms. The molecule has 8 nitrogen and oxygen atoms in total. The van der Waals surface area contributed by atoms with Crippen molar-refractivity contribution in [1.82, 2.24) is 15.0 Å². The van der Waals surface area contributed by atoms with Gasteiger partial charge in [0.2, 0.25) is 17.8 Å². The number of hydrogen-bond acceptors (Lipinski definition) is 7. The van der Waals surface area contributed by atoms with Gasteiger partial charge >= 0.3 is 0 Å². The molecule has 4 heterocycles. The van der Waals surface area contributed by atoms with Crippen LogP contribution in [0.1, 0.15) is 43.6 Å². The molecule has 3 aromatic rings. The number of rotatable bonds is 4. The predicted molar refractivity (Wildman–Crippen MR) is 139 cm³/mol. The molecule has 1 fully saturated rings. The Morgan fingerprint density at radius 1 is 1.09 bits per heavy atom. The molecule has 0 unspecified atom stereocenters. The monoisotopic (exact) mass is 490 g/mol. The summed E-state index contributed by atoms with van der Waals surface area (Å²) in [6, 6.07) is 7.97. The van der Waals surface area contributed by atoms with Crippen molar-refractivity contribution in [2.75, 3.05) is 35.3 Å². The standard InChI is InChI=1S/C26H30N6O2S/c1-15-12-16(2)28-24(27-15)32-10-8-17(9-11-32)22(33)30-25-29-20(14-35-25)18-6-7-21-19(13-18)26(3,4)23(34)31(21)5/h6-7,12-14,17H,8-11H2,1-5H3,(H,29,30,33). The Bertz CT molecular complexity index is 1290. The molecule has 5 rings (SSSR count). The van der Waals surface area contributed by atoms with Gasteiger partial charge in [-0.2, -0.15) is 0 Å². The van der Waals surface area contributed by atoms with Crippen LogP contribution in [0.2, 0.25) is 0 Å². The molecule has 0 spiro atoms. The first-order valence-electron chi connectivity index (χ1n) is 11.9. The highest BCUT2D eigenvalue weighted by molar-refractivity contribution is 7.14. The zero-order valence-corrected chi connectivity index (χ0v) is 21.6. The Morgan fingerprint density at radius 2 is 1.77 bits per heavy atom. The number of carbonyl (C=O) groups is 2. The average Bonchev–Trinajstić information content (AvgIpc) is 3.36. The summed E-state index contributed by atoms with van der Waals surface area (Å²) < 4.78 is 0. The van der Waals surface area contributed by atoms with Crippen LogP contribution in [0.4, 0.5) is 16.8 Å². The number of thiazole rings is 1. The van der Waals surface area contributed by atoms with Gasteiger partial charge in [0, 0.05) is 54.1 Å². The minimum atomic E-state index is -0.565. The highest BCUT2D eigenvalue weighted by Crippen LogP contribution is 2.42. The average molecular weight is 491 g/mol. The number of hydrogen-bond donors (Lipinski definition) is 1. The predicted octanol–water partition coefficient (Wildman–Crippen LogP) is 4.33. The number of aromatic nitrogens is 3. The molecule has 0 radical (unpaired) electrons. The molecule has 2 aliphatic rings. The van der Waals surface area contributed by atoms with Gasteiger partial charge in [-0.1, -0.05) is 6.07 Å². The number of piperidine rings is 1. The summed E-state index contributed by atoms with van der Waals surface area (Å²) in [4.78, 5) is 43.2. The van der Waals surface area contributed by atoms with Crippen molar-refractivity contribution in [2.24, 2.45) is 5.92 Å². The van der Waals surface area contributed by atoms with Gasteiger partial charge in [-0.05, 0) is 64.3 Å². The van der Waals surface area contributed by atoms with E-state index >= 15 is 0 Å². The molecule has 2 aromatic heterocycles. The third-order valence-corrected chi connectivity index (χ3v) is 7.78. The summed E-state index contributed by atoms with van der Waals surface area (Å²) in [6.07, 6.45) is 1.50. The largest absolute Gasteiger partial charge is 0.341 e. The molecule has 0 atom stereocenters. The van der Waals surface area contributed by atoms with Crippen molar-refractivity contribution in [1.29, 1.82) is 0 Å². The minimum absolute atomic E-state index is 0.00852. The lowest BCUT2D eigenvalue weighted by atomic mass is 9.85. The van der Waals surface area contributed by atoms with Crippen LogP contribution in [0.3, 0.4) is 0 Å². The fraction of sp³-hybridized carbons (Fsp3) is 0.423. The molecule has 1 N–H and O–H groups in total. The summed E-state index contributed by atoms with van der Waals surface area (Å²) >= 11 is 1.42. The van der Waals surface area contributed by atoms with Crippen LogP contribution >= 0.6 is 11.3 Å². The number of fused-ring (bicyclic) bond motifs is 1. The van der Waals surface area contributed by atoms with Crippen molar-refractivity contribution < 1.29 is 9.59 Å². The van der Waals surface area contributed by atoms with Gasteiger partial charge in [-0.25, -0.2) is 15.0 Å². The maximum atomic E-state index is 12.9. The zero-order chi connectivity index (χ0) is 24.9. The fourth-order valence-corrected chi connectivity index (χ4v) is 5.72. The van der Waals surface area contributed by atoms with Gasteiger partial charge in [-0.15, -0.1) is 11.3 Å². The quantitative estimate of drug-likeness (QED) is 0.586. The molecule has 1 saturated heterocycles. The minimum Gasteiger partial charge on any atom is -0.341 e. The van der Waals surface area contributed by atoms with Gasteiger partial charge in [0.25, 0.3) is 0 Å². The van der Waals surface area contributed by atoms with Gasteiger partial charge in [0.15, 0.2) is 5.13 Å². The second-order valence-corrected chi connectivity index (χ2v) is 10.8. The molecule has 0 saturated carbocycles. The van der Waals surface area contributed by atoms with Gasteiger partial charge in [0.05, 0.1) is 11.1 Å². The lowest BCUT2D eigenvalue weighted by Crippen LogP contribution is -2.39. The number of nitrogens with zero attached hydrogens (tertiary/aromatic N) is 5. The number of amides is 2. The molecule has 182 valence electrons. The molecule has 35 heavy (non-hydrogen) atoms. The molecule has 2 aliphatic heterocycles. The van der Waals surface area contributed by atoms with E-state index < -0.39 is 5.41 Å². The zero-order valence-electron chi connectivity index (χ0n) is 20.8. The van der Waals surface area contributed by atoms with Crippen molar-refractivity contribution in [3.05, 3.63) is 46.6 Å². The lowest BCUT2D eigenvalue weighted by molar-refractivity contribution is -0.122. The van der Waals surface area contributed by atoms with Crippen molar-refractivity contribution in [3.8, 4) is 11.3 Å². The number of nitrogens with one attached hydrogen (secondary N) is 1. The second kappa shape index (κ2) is 8.71. The lowest BCUT2D eigenvalue weighted by Gasteiger charge is -2.31. The van der Waals surface area contributed by atoms with Crippen LogP contribution in [-0.2, 0) is 15.0 Å². The van der Waals surface area contributed by atoms with Crippen LogP contribution in [0.25, 0.3) is 11.3 Å². The number of likely N-dealkylation sites (N-methyl/N-ethyl adjacent to an activating group) is 1. The topological polar surface area (TPSA) is 91.3 Å². The van der Waals surface area contributed by atoms with E-state index in [9.17, 15) is 9.59 Å². The maximum absolute atomic E-state index is 12.9. The molecular weight excluding hydrogens is 460 g/mol. The van der Waals surface area contributed by atoms with Gasteiger partial charge in [0.1, 0.15) is 0 Å². The highest BCUT2D eigenvalue weighted by Gasteiger charge is 2.42. The Kier molecular flexibility index (Phi) is 5.83. The van der Waals surface area contributed by atoms with Crippen LogP contribution in [-0.4, -0.2) is 46.9 Å². The molecule has 0 aliphatic carbocycles. The van der Waals surface area contributed by atoms with Crippen LogP contribution in [0.5, 0.6) is 0 Å². The van der Waals surface area contributed by atoms with Crippen molar-refractivity contribution >= 4 is 39.9 Å². The summed E-state index contributed by atoms with van der Waals surface area (Å²) in [5, 5.41) is 5.56. The van der Waals surface area contributed by atoms with Crippen LogP contribution in [0, 0.1) is 19.8 Å². The van der Waals surface area contributed by atoms with Crippen molar-refractivity contribution in [3.63, 3.8) is 0 Å². The van der Waals surface area contributed by atoms with E-state index in [2.05, 4.69) is 25.2 Å². The molecule has 0 bridgehead atoms. The summed E-state index contributed by atoms with van der Waals surface area (Å²) in [5.74, 6) is 0.781. The Morgan fingerprint density at radius 3 is 2.46 bits per heavy atom. The SMILES string of the molecule is Cc1cc(C)nc(N2CCC(C(=O)Nc3nc(-c4ccc5c(c4)C(C)(C)C(=O)N5C)cs3)CC2)n1. The molecular formula is C26H30N6O2S. The van der Waals surface area contributed by atoms with Crippen molar-refractivity contribution in [2.45, 2.75) is 46.0 Å².